The maximum atomic E-state index is 3.44. The molecule has 0 spiro atoms. The molecule has 0 nitrogen and oxygen atoms in total. The second-order valence-electron chi connectivity index (χ2n) is 10.1. The number of rotatable bonds is 1. The van der Waals surface area contributed by atoms with E-state index in [2.05, 4.69) is 50.8 Å². The van der Waals surface area contributed by atoms with Gasteiger partial charge in [0.05, 0.1) is 0 Å². The van der Waals surface area contributed by atoms with E-state index in [1.54, 1.807) is 19.3 Å². The highest BCUT2D eigenvalue weighted by Gasteiger charge is 2.65. The van der Waals surface area contributed by atoms with Crippen molar-refractivity contribution in [3.63, 3.8) is 0 Å². The van der Waals surface area contributed by atoms with Gasteiger partial charge in [-0.3, -0.25) is 0 Å². The highest BCUT2D eigenvalue weighted by Crippen LogP contribution is 2.74. The van der Waals surface area contributed by atoms with Crippen molar-refractivity contribution in [2.24, 2.45) is 22.7 Å². The molecule has 0 amide bonds. The third kappa shape index (κ3) is 2.00. The summed E-state index contributed by atoms with van der Waals surface area (Å²) in [5.41, 5.74) is 1.79. The quantitative estimate of drug-likeness (QED) is 0.545. The Morgan fingerprint density at radius 2 is 1.30 bits per heavy atom. The molecule has 2 saturated heterocycles. The van der Waals surface area contributed by atoms with Crippen LogP contribution in [0.2, 0.25) is 0 Å². The Kier molecular flexibility index (Phi) is 3.50. The normalized spacial score (nSPS) is 42.5. The Bertz CT molecular complexity index is 347. The van der Waals surface area contributed by atoms with Gasteiger partial charge in [0, 0.05) is 5.16 Å². The van der Waals surface area contributed by atoms with Crippen molar-refractivity contribution in [3.8, 4) is 0 Å². The van der Waals surface area contributed by atoms with Crippen molar-refractivity contribution in [2.45, 2.75) is 89.6 Å². The Labute approximate surface area is 130 Å². The molecule has 4 aliphatic rings. The van der Waals surface area contributed by atoms with E-state index < -0.39 is 0 Å². The third-order valence-electron chi connectivity index (χ3n) is 6.78. The fraction of sp³-hybridized carbons (Fsp3) is 1.00. The van der Waals surface area contributed by atoms with Crippen LogP contribution in [0.3, 0.4) is 0 Å². The lowest BCUT2D eigenvalue weighted by molar-refractivity contribution is 0.0258. The summed E-state index contributed by atoms with van der Waals surface area (Å²) in [5.74, 6) is 2.11. The Morgan fingerprint density at radius 3 is 1.65 bits per heavy atom. The van der Waals surface area contributed by atoms with Gasteiger partial charge in [-0.2, -0.15) is 0 Å². The second-order valence-corrected chi connectivity index (χ2v) is 13.0. The topological polar surface area (TPSA) is 0 Å². The van der Waals surface area contributed by atoms with E-state index in [4.69, 9.17) is 0 Å². The molecular formula is C18H34P2. The smallest absolute Gasteiger partial charge is 0.00394 e. The van der Waals surface area contributed by atoms with Crippen LogP contribution in [0.5, 0.6) is 0 Å². The van der Waals surface area contributed by atoms with Gasteiger partial charge in [0.25, 0.3) is 0 Å². The largest absolute Gasteiger partial charge is 0.129 e. The van der Waals surface area contributed by atoms with E-state index in [-0.39, 0.29) is 0 Å². The zero-order valence-corrected chi connectivity index (χ0v) is 16.5. The first-order chi connectivity index (χ1) is 8.98. The summed E-state index contributed by atoms with van der Waals surface area (Å²) in [5, 5.41) is 0.977. The Hall–Kier alpha value is 0.860. The van der Waals surface area contributed by atoms with Gasteiger partial charge in [-0.15, -0.1) is 17.8 Å². The van der Waals surface area contributed by atoms with E-state index in [1.807, 2.05) is 0 Å². The minimum Gasteiger partial charge on any atom is -0.129 e. The number of hydrogen-bond acceptors (Lipinski definition) is 0. The van der Waals surface area contributed by atoms with Crippen molar-refractivity contribution in [1.29, 1.82) is 0 Å². The molecule has 2 heterocycles. The maximum Gasteiger partial charge on any atom is 0.00394 e. The molecule has 4 bridgehead atoms. The van der Waals surface area contributed by atoms with Gasteiger partial charge in [-0.1, -0.05) is 41.5 Å². The molecule has 0 aromatic carbocycles. The molecule has 20 heavy (non-hydrogen) atoms. The fourth-order valence-corrected chi connectivity index (χ4v) is 10.6. The molecule has 0 N–H and O–H groups in total. The summed E-state index contributed by atoms with van der Waals surface area (Å²) in [4.78, 5) is 0. The molecule has 0 aromatic heterocycles. The van der Waals surface area contributed by atoms with Gasteiger partial charge in [0.2, 0.25) is 0 Å². The molecule has 0 aromatic rings. The van der Waals surface area contributed by atoms with Crippen molar-refractivity contribution in [1.82, 2.24) is 0 Å². The molecule has 0 radical (unpaired) electrons. The van der Waals surface area contributed by atoms with Crippen LogP contribution in [0.15, 0.2) is 0 Å². The van der Waals surface area contributed by atoms with Crippen LogP contribution in [0.25, 0.3) is 0 Å². The summed E-state index contributed by atoms with van der Waals surface area (Å²) in [7, 11) is 4.66. The molecule has 2 aliphatic carbocycles. The van der Waals surface area contributed by atoms with Crippen LogP contribution in [-0.2, 0) is 0 Å². The lowest BCUT2D eigenvalue weighted by Crippen LogP contribution is -2.67. The summed E-state index contributed by atoms with van der Waals surface area (Å²) in [6.45, 7) is 15.0. The average molecular weight is 312 g/mol. The van der Waals surface area contributed by atoms with E-state index in [0.29, 0.717) is 21.1 Å². The first-order valence-electron chi connectivity index (χ1n) is 8.55. The van der Waals surface area contributed by atoms with Crippen LogP contribution in [-0.4, -0.2) is 16.0 Å². The first-order valence-corrected chi connectivity index (χ1v) is 10.2. The van der Waals surface area contributed by atoms with E-state index in [9.17, 15) is 0 Å². The predicted octanol–water partition coefficient (Wildman–Crippen LogP) is 5.70. The van der Waals surface area contributed by atoms with Crippen LogP contribution in [0, 0.1) is 22.7 Å². The predicted molar refractivity (Wildman–Crippen MR) is 96.3 cm³/mol. The third-order valence-corrected chi connectivity index (χ3v) is 11.6. The van der Waals surface area contributed by atoms with Gasteiger partial charge in [-0.25, -0.2) is 0 Å². The van der Waals surface area contributed by atoms with Crippen LogP contribution < -0.4 is 0 Å². The van der Waals surface area contributed by atoms with Crippen molar-refractivity contribution >= 4 is 17.8 Å². The van der Waals surface area contributed by atoms with Crippen LogP contribution in [0.4, 0.5) is 0 Å². The summed E-state index contributed by atoms with van der Waals surface area (Å²) in [6, 6.07) is 0. The maximum absolute atomic E-state index is 3.44. The van der Waals surface area contributed by atoms with Crippen molar-refractivity contribution in [3.05, 3.63) is 0 Å². The zero-order chi connectivity index (χ0) is 15.0. The van der Waals surface area contributed by atoms with Crippen molar-refractivity contribution in [2.75, 3.05) is 0 Å². The SMILES string of the molecule is CC(C)(C)C(P)(C(C)(C)C)C12CC3CC(CC(C3)P1)C2. The van der Waals surface area contributed by atoms with Gasteiger partial charge in [0.1, 0.15) is 0 Å². The number of hydrogen-bond donors (Lipinski definition) is 0. The van der Waals surface area contributed by atoms with Gasteiger partial charge < -0.3 is 0 Å². The van der Waals surface area contributed by atoms with Crippen LogP contribution in [0.1, 0.15) is 73.6 Å². The minimum atomic E-state index is 0.356. The molecular weight excluding hydrogens is 278 g/mol. The molecule has 4 atom stereocenters. The van der Waals surface area contributed by atoms with Crippen molar-refractivity contribution < 1.29 is 0 Å². The minimum absolute atomic E-state index is 0.356. The standard InChI is InChI=1S/C18H34P2/c1-15(2,3)18(19,16(4,5)6)17-10-12-7-13(11-17)9-14(8-12)20-17/h12-14,20H,7-11,19H2,1-6H3. The summed E-state index contributed by atoms with van der Waals surface area (Å²) >= 11 is 0. The fourth-order valence-electron chi connectivity index (χ4n) is 6.59. The highest BCUT2D eigenvalue weighted by molar-refractivity contribution is 7.42. The average Bonchev–Trinajstić information content (AvgIpc) is 2.22. The Balaban J connectivity index is 2.08. The highest BCUT2D eigenvalue weighted by atomic mass is 31.1. The van der Waals surface area contributed by atoms with E-state index >= 15 is 0 Å². The first kappa shape index (κ1) is 15.7. The lowest BCUT2D eigenvalue weighted by Gasteiger charge is -2.69. The van der Waals surface area contributed by atoms with Gasteiger partial charge in [0.15, 0.2) is 0 Å². The van der Waals surface area contributed by atoms with E-state index in [0.717, 1.165) is 17.5 Å². The monoisotopic (exact) mass is 312 g/mol. The molecule has 2 heteroatoms. The zero-order valence-electron chi connectivity index (χ0n) is 14.3. The molecule has 116 valence electrons. The Morgan fingerprint density at radius 1 is 0.850 bits per heavy atom. The summed E-state index contributed by atoms with van der Waals surface area (Å²) in [6.07, 6.45) is 7.72. The summed E-state index contributed by atoms with van der Waals surface area (Å²) < 4.78 is 0. The lowest BCUT2D eigenvalue weighted by atomic mass is 9.53. The van der Waals surface area contributed by atoms with E-state index in [1.165, 1.54) is 21.4 Å². The molecule has 2 saturated carbocycles. The molecule has 4 unspecified atom stereocenters. The molecule has 2 aliphatic heterocycles. The van der Waals surface area contributed by atoms with Gasteiger partial charge in [-0.05, 0) is 65.6 Å². The molecule has 4 rings (SSSR count). The second kappa shape index (κ2) is 4.45. The van der Waals surface area contributed by atoms with Crippen LogP contribution >= 0.6 is 17.8 Å². The van der Waals surface area contributed by atoms with Gasteiger partial charge >= 0.3 is 0 Å². The molecule has 4 fully saturated rings.